The standard InChI is InChI=1S/C29H30N8O5/c1-40-35-28(39)29(17-21-7-2-3-8-22(21)18-32-36-30)26(25-10-5-4-9-23(25)19-33-37-31)42-27(34-29)20-11-13-24(14-12-20)41-16-6-15-38/h2-5,7-14,26,38H,6,15-19H2,1H3,(H,35,39)/t26-,29-/m0/s1. The molecule has 3 aromatic carbocycles. The van der Waals surface area contributed by atoms with Crippen LogP contribution in [0.15, 0.2) is 88.0 Å². The molecule has 0 aliphatic carbocycles. The summed E-state index contributed by atoms with van der Waals surface area (Å²) in [4.78, 5) is 29.7. The van der Waals surface area contributed by atoms with Crippen LogP contribution >= 0.6 is 0 Å². The lowest BCUT2D eigenvalue weighted by atomic mass is 9.80. The summed E-state index contributed by atoms with van der Waals surface area (Å²) in [5.41, 5.74) is 22.2. The molecule has 1 aliphatic rings. The second kappa shape index (κ2) is 14.5. The topological polar surface area (TPSA) is 187 Å². The minimum absolute atomic E-state index is 0.0306. The highest BCUT2D eigenvalue weighted by Crippen LogP contribution is 2.44. The first kappa shape index (κ1) is 29.9. The molecule has 0 saturated heterocycles. The van der Waals surface area contributed by atoms with Gasteiger partial charge in [-0.05, 0) is 57.6 Å². The largest absolute Gasteiger partial charge is 0.494 e. The molecule has 0 radical (unpaired) electrons. The van der Waals surface area contributed by atoms with Crippen molar-refractivity contribution in [2.24, 2.45) is 15.2 Å². The van der Waals surface area contributed by atoms with Crippen LogP contribution in [0.25, 0.3) is 20.9 Å². The predicted octanol–water partition coefficient (Wildman–Crippen LogP) is 5.25. The third-order valence-electron chi connectivity index (χ3n) is 6.75. The van der Waals surface area contributed by atoms with E-state index < -0.39 is 17.6 Å². The van der Waals surface area contributed by atoms with Gasteiger partial charge in [0.25, 0.3) is 5.91 Å². The molecule has 2 atom stereocenters. The first-order valence-corrected chi connectivity index (χ1v) is 13.2. The van der Waals surface area contributed by atoms with E-state index >= 15 is 0 Å². The maximum absolute atomic E-state index is 14.0. The Hall–Kier alpha value is -5.06. The number of hydrogen-bond acceptors (Lipinski definition) is 8. The summed E-state index contributed by atoms with van der Waals surface area (Å²) in [7, 11) is 1.34. The minimum Gasteiger partial charge on any atom is -0.494 e. The molecule has 0 bridgehead atoms. The van der Waals surface area contributed by atoms with E-state index in [1.54, 1.807) is 30.3 Å². The quantitative estimate of drug-likeness (QED) is 0.0879. The summed E-state index contributed by atoms with van der Waals surface area (Å²) >= 11 is 0. The second-order valence-electron chi connectivity index (χ2n) is 9.35. The van der Waals surface area contributed by atoms with Gasteiger partial charge in [0.2, 0.25) is 5.90 Å². The summed E-state index contributed by atoms with van der Waals surface area (Å²) in [5, 5.41) is 16.5. The molecule has 13 heteroatoms. The Kier molecular flexibility index (Phi) is 10.4. The van der Waals surface area contributed by atoms with E-state index in [1.807, 2.05) is 42.5 Å². The average Bonchev–Trinajstić information content (AvgIpc) is 3.40. The van der Waals surface area contributed by atoms with Gasteiger partial charge in [-0.3, -0.25) is 9.63 Å². The van der Waals surface area contributed by atoms with Crippen LogP contribution in [0.3, 0.4) is 0 Å². The van der Waals surface area contributed by atoms with Gasteiger partial charge in [0.05, 0.1) is 26.8 Å². The summed E-state index contributed by atoms with van der Waals surface area (Å²) in [6.07, 6.45) is -0.362. The smallest absolute Gasteiger partial charge is 0.276 e. The van der Waals surface area contributed by atoms with Gasteiger partial charge < -0.3 is 14.6 Å². The number of rotatable bonds is 14. The van der Waals surface area contributed by atoms with Crippen LogP contribution in [-0.2, 0) is 33.9 Å². The van der Waals surface area contributed by atoms with Gasteiger partial charge in [-0.25, -0.2) is 10.5 Å². The predicted molar refractivity (Wildman–Crippen MR) is 154 cm³/mol. The molecule has 0 fully saturated rings. The Morgan fingerprint density at radius 3 is 2.31 bits per heavy atom. The van der Waals surface area contributed by atoms with E-state index in [-0.39, 0.29) is 32.0 Å². The Labute approximate surface area is 242 Å². The van der Waals surface area contributed by atoms with Gasteiger partial charge in [-0.2, -0.15) is 0 Å². The number of hydroxylamine groups is 1. The van der Waals surface area contributed by atoms with Gasteiger partial charge >= 0.3 is 0 Å². The Balaban J connectivity index is 1.86. The molecular formula is C29H30N8O5. The highest BCUT2D eigenvalue weighted by Gasteiger charge is 2.54. The fourth-order valence-electron chi connectivity index (χ4n) is 4.76. The van der Waals surface area contributed by atoms with Gasteiger partial charge in [-0.1, -0.05) is 58.8 Å². The molecule has 13 nitrogen and oxygen atoms in total. The molecule has 4 rings (SSSR count). The first-order valence-electron chi connectivity index (χ1n) is 13.2. The van der Waals surface area contributed by atoms with Gasteiger partial charge in [0.15, 0.2) is 11.6 Å². The zero-order valence-electron chi connectivity index (χ0n) is 23.0. The molecule has 216 valence electrons. The highest BCUT2D eigenvalue weighted by molar-refractivity contribution is 6.01. The lowest BCUT2D eigenvalue weighted by Crippen LogP contribution is -2.50. The third-order valence-corrected chi connectivity index (χ3v) is 6.75. The van der Waals surface area contributed by atoms with Crippen LogP contribution in [0.4, 0.5) is 0 Å². The number of amides is 1. The van der Waals surface area contributed by atoms with Crippen molar-refractivity contribution in [3.8, 4) is 5.75 Å². The fraction of sp³-hybridized carbons (Fsp3) is 0.310. The summed E-state index contributed by atoms with van der Waals surface area (Å²) in [5.74, 6) is 0.280. The Morgan fingerprint density at radius 1 is 1.00 bits per heavy atom. The molecule has 3 aromatic rings. The van der Waals surface area contributed by atoms with Crippen molar-refractivity contribution in [3.05, 3.63) is 121 Å². The maximum atomic E-state index is 14.0. The van der Waals surface area contributed by atoms with Crippen molar-refractivity contribution in [3.63, 3.8) is 0 Å². The Morgan fingerprint density at radius 2 is 1.64 bits per heavy atom. The number of ether oxygens (including phenoxy) is 2. The SMILES string of the molecule is CONC(=O)[C@@]1(Cc2ccccc2CN=[N+]=[N-])N=C(c2ccc(OCCCO)cc2)O[C@H]1c1ccccc1CN=[N+]=[N-]. The van der Waals surface area contributed by atoms with E-state index in [0.29, 0.717) is 35.5 Å². The zero-order chi connectivity index (χ0) is 29.8. The van der Waals surface area contributed by atoms with E-state index in [4.69, 9.17) is 35.5 Å². The van der Waals surface area contributed by atoms with E-state index in [1.165, 1.54) is 7.11 Å². The number of nitrogens with one attached hydrogen (secondary N) is 1. The minimum atomic E-state index is -1.57. The average molecular weight is 571 g/mol. The lowest BCUT2D eigenvalue weighted by Gasteiger charge is -2.31. The highest BCUT2D eigenvalue weighted by atomic mass is 16.6. The lowest BCUT2D eigenvalue weighted by molar-refractivity contribution is -0.139. The van der Waals surface area contributed by atoms with Gasteiger partial charge in [0.1, 0.15) is 5.75 Å². The number of azide groups is 2. The van der Waals surface area contributed by atoms with Crippen molar-refractivity contribution in [1.82, 2.24) is 5.48 Å². The molecular weight excluding hydrogens is 540 g/mol. The van der Waals surface area contributed by atoms with Gasteiger partial charge in [0, 0.05) is 34.8 Å². The Bertz CT molecular complexity index is 1520. The number of aliphatic imine (C=N–C) groups is 1. The fourth-order valence-corrected chi connectivity index (χ4v) is 4.76. The molecule has 0 spiro atoms. The molecule has 1 amide bonds. The van der Waals surface area contributed by atoms with Crippen molar-refractivity contribution < 1.29 is 24.2 Å². The van der Waals surface area contributed by atoms with E-state index in [0.717, 1.165) is 11.1 Å². The van der Waals surface area contributed by atoms with Crippen molar-refractivity contribution in [2.75, 3.05) is 20.3 Å². The number of benzene rings is 3. The molecule has 1 aliphatic heterocycles. The zero-order valence-corrected chi connectivity index (χ0v) is 23.0. The molecule has 1 heterocycles. The number of carbonyl (C=O) groups excluding carboxylic acids is 1. The molecule has 0 aromatic heterocycles. The molecule has 2 N–H and O–H groups in total. The van der Waals surface area contributed by atoms with Crippen LogP contribution in [0.5, 0.6) is 5.75 Å². The van der Waals surface area contributed by atoms with Crippen LogP contribution in [0, 0.1) is 0 Å². The maximum Gasteiger partial charge on any atom is 0.276 e. The number of nitrogens with zero attached hydrogens (tertiary/aromatic N) is 7. The molecule has 42 heavy (non-hydrogen) atoms. The second-order valence-corrected chi connectivity index (χ2v) is 9.35. The van der Waals surface area contributed by atoms with Crippen molar-refractivity contribution in [2.45, 2.75) is 37.6 Å². The first-order chi connectivity index (χ1) is 20.6. The molecule has 0 unspecified atom stereocenters. The monoisotopic (exact) mass is 570 g/mol. The van der Waals surface area contributed by atoms with Crippen LogP contribution in [0.1, 0.15) is 40.3 Å². The van der Waals surface area contributed by atoms with Crippen molar-refractivity contribution >= 4 is 11.8 Å². The number of carbonyl (C=O) groups is 1. The number of hydrogen-bond donors (Lipinski definition) is 2. The summed E-state index contributed by atoms with van der Waals surface area (Å²) in [6.45, 7) is 0.523. The van der Waals surface area contributed by atoms with Crippen molar-refractivity contribution in [1.29, 1.82) is 0 Å². The third kappa shape index (κ3) is 6.80. The number of aliphatic hydroxyl groups excluding tert-OH is 1. The molecule has 0 saturated carbocycles. The normalized spacial score (nSPS) is 17.3. The van der Waals surface area contributed by atoms with Crippen LogP contribution < -0.4 is 10.2 Å². The van der Waals surface area contributed by atoms with Crippen LogP contribution in [-0.4, -0.2) is 42.8 Å². The number of aliphatic hydroxyl groups is 1. The summed E-state index contributed by atoms with van der Waals surface area (Å²) < 4.78 is 12.2. The van der Waals surface area contributed by atoms with Gasteiger partial charge in [-0.15, -0.1) is 0 Å². The summed E-state index contributed by atoms with van der Waals surface area (Å²) in [6, 6.07) is 21.6. The van der Waals surface area contributed by atoms with Crippen LogP contribution in [0.2, 0.25) is 0 Å². The van der Waals surface area contributed by atoms with E-state index in [9.17, 15) is 4.79 Å². The van der Waals surface area contributed by atoms with E-state index in [2.05, 4.69) is 25.5 Å².